The van der Waals surface area contributed by atoms with Gasteiger partial charge in [-0.25, -0.2) is 4.98 Å². The lowest BCUT2D eigenvalue weighted by atomic mass is 10.0. The normalized spacial score (nSPS) is 19.4. The van der Waals surface area contributed by atoms with E-state index in [2.05, 4.69) is 4.98 Å². The number of amides is 1. The quantitative estimate of drug-likeness (QED) is 0.850. The molecule has 6 heteroatoms. The van der Waals surface area contributed by atoms with Crippen LogP contribution in [0.3, 0.4) is 0 Å². The Kier molecular flexibility index (Phi) is 3.46. The van der Waals surface area contributed by atoms with Crippen molar-refractivity contribution in [2.45, 2.75) is 25.9 Å². The van der Waals surface area contributed by atoms with Gasteiger partial charge in [-0.15, -0.1) is 11.3 Å². The second-order valence-electron chi connectivity index (χ2n) is 4.65. The zero-order valence-corrected chi connectivity index (χ0v) is 10.9. The summed E-state index contributed by atoms with van der Waals surface area (Å²) in [5, 5.41) is 2.57. The van der Waals surface area contributed by atoms with E-state index in [4.69, 9.17) is 10.5 Å². The molecule has 17 heavy (non-hydrogen) atoms. The summed E-state index contributed by atoms with van der Waals surface area (Å²) in [7, 11) is 0. The lowest BCUT2D eigenvalue weighted by molar-refractivity contribution is -0.0372. The molecule has 1 fully saturated rings. The van der Waals surface area contributed by atoms with Crippen molar-refractivity contribution in [2.75, 3.05) is 19.8 Å². The van der Waals surface area contributed by atoms with Gasteiger partial charge in [-0.3, -0.25) is 4.79 Å². The SMILES string of the molecule is CC1(C)COCCN1C(=O)c1csc(CN)n1. The number of hydrogen-bond acceptors (Lipinski definition) is 5. The molecule has 0 unspecified atom stereocenters. The zero-order chi connectivity index (χ0) is 12.5. The van der Waals surface area contributed by atoms with Crippen LogP contribution in [0.1, 0.15) is 29.3 Å². The highest BCUT2D eigenvalue weighted by Crippen LogP contribution is 2.22. The van der Waals surface area contributed by atoms with Crippen molar-refractivity contribution in [1.29, 1.82) is 0 Å². The minimum Gasteiger partial charge on any atom is -0.377 e. The summed E-state index contributed by atoms with van der Waals surface area (Å²) in [5.41, 5.74) is 5.71. The Labute approximate surface area is 105 Å². The van der Waals surface area contributed by atoms with E-state index in [1.807, 2.05) is 18.7 Å². The van der Waals surface area contributed by atoms with Crippen molar-refractivity contribution < 1.29 is 9.53 Å². The summed E-state index contributed by atoms with van der Waals surface area (Å²) in [6, 6.07) is 0. The first-order valence-electron chi connectivity index (χ1n) is 5.59. The van der Waals surface area contributed by atoms with Gasteiger partial charge in [0.25, 0.3) is 5.91 Å². The topological polar surface area (TPSA) is 68.5 Å². The number of aromatic nitrogens is 1. The smallest absolute Gasteiger partial charge is 0.273 e. The number of carbonyl (C=O) groups excluding carboxylic acids is 1. The molecule has 0 aliphatic carbocycles. The fraction of sp³-hybridized carbons (Fsp3) is 0.636. The lowest BCUT2D eigenvalue weighted by Crippen LogP contribution is -2.55. The third-order valence-electron chi connectivity index (χ3n) is 2.84. The maximum absolute atomic E-state index is 12.3. The van der Waals surface area contributed by atoms with E-state index in [0.717, 1.165) is 5.01 Å². The van der Waals surface area contributed by atoms with E-state index in [0.29, 0.717) is 32.0 Å². The lowest BCUT2D eigenvalue weighted by Gasteiger charge is -2.41. The van der Waals surface area contributed by atoms with Crippen molar-refractivity contribution in [3.8, 4) is 0 Å². The van der Waals surface area contributed by atoms with Crippen molar-refractivity contribution in [3.63, 3.8) is 0 Å². The molecule has 94 valence electrons. The van der Waals surface area contributed by atoms with Gasteiger partial charge in [-0.1, -0.05) is 0 Å². The van der Waals surface area contributed by atoms with Crippen LogP contribution in [0.15, 0.2) is 5.38 Å². The highest BCUT2D eigenvalue weighted by Gasteiger charge is 2.35. The molecule has 0 radical (unpaired) electrons. The van der Waals surface area contributed by atoms with E-state index in [1.165, 1.54) is 11.3 Å². The fourth-order valence-corrected chi connectivity index (χ4v) is 2.52. The summed E-state index contributed by atoms with van der Waals surface area (Å²) in [5.74, 6) is -0.0331. The second kappa shape index (κ2) is 4.72. The number of rotatable bonds is 2. The molecule has 2 heterocycles. The van der Waals surface area contributed by atoms with E-state index in [9.17, 15) is 4.79 Å². The van der Waals surface area contributed by atoms with Crippen LogP contribution in [0.2, 0.25) is 0 Å². The molecule has 0 aromatic carbocycles. The second-order valence-corrected chi connectivity index (χ2v) is 5.60. The standard InChI is InChI=1S/C11H17N3O2S/c1-11(2)7-16-4-3-14(11)10(15)8-6-17-9(5-12)13-8/h6H,3-5,7,12H2,1-2H3. The van der Waals surface area contributed by atoms with Crippen molar-refractivity contribution in [2.24, 2.45) is 5.73 Å². The number of morpholine rings is 1. The number of hydrogen-bond donors (Lipinski definition) is 1. The highest BCUT2D eigenvalue weighted by molar-refractivity contribution is 7.09. The average molecular weight is 255 g/mol. The molecule has 2 rings (SSSR count). The minimum absolute atomic E-state index is 0.0331. The largest absolute Gasteiger partial charge is 0.377 e. The maximum Gasteiger partial charge on any atom is 0.273 e. The monoisotopic (exact) mass is 255 g/mol. The molecular weight excluding hydrogens is 238 g/mol. The molecule has 0 saturated carbocycles. The Bertz CT molecular complexity index is 417. The van der Waals surface area contributed by atoms with Gasteiger partial charge in [0.05, 0.1) is 18.8 Å². The maximum atomic E-state index is 12.3. The Balaban J connectivity index is 2.18. The molecule has 2 N–H and O–H groups in total. The summed E-state index contributed by atoms with van der Waals surface area (Å²) in [4.78, 5) is 18.4. The van der Waals surface area contributed by atoms with Gasteiger partial charge in [0.15, 0.2) is 0 Å². The number of nitrogens with two attached hydrogens (primary N) is 1. The predicted octanol–water partition coefficient (Wildman–Crippen LogP) is 0.853. The number of carbonyl (C=O) groups is 1. The molecular formula is C11H17N3O2S. The molecule has 1 amide bonds. The number of nitrogens with zero attached hydrogens (tertiary/aromatic N) is 2. The van der Waals surface area contributed by atoms with Gasteiger partial charge in [-0.05, 0) is 13.8 Å². The Morgan fingerprint density at radius 3 is 3.06 bits per heavy atom. The van der Waals surface area contributed by atoms with Crippen LogP contribution in [0.5, 0.6) is 0 Å². The first-order chi connectivity index (χ1) is 8.04. The Morgan fingerprint density at radius 2 is 2.47 bits per heavy atom. The molecule has 1 aromatic heterocycles. The summed E-state index contributed by atoms with van der Waals surface area (Å²) in [6.07, 6.45) is 0. The molecule has 1 aliphatic rings. The number of ether oxygens (including phenoxy) is 1. The van der Waals surface area contributed by atoms with E-state index < -0.39 is 0 Å². The van der Waals surface area contributed by atoms with Gasteiger partial charge in [0.1, 0.15) is 10.7 Å². The van der Waals surface area contributed by atoms with Gasteiger partial charge in [-0.2, -0.15) is 0 Å². The molecule has 1 aromatic rings. The first kappa shape index (κ1) is 12.5. The van der Waals surface area contributed by atoms with Crippen LogP contribution in [0.25, 0.3) is 0 Å². The summed E-state index contributed by atoms with van der Waals surface area (Å²) < 4.78 is 5.40. The van der Waals surface area contributed by atoms with Crippen LogP contribution in [0.4, 0.5) is 0 Å². The average Bonchev–Trinajstić information content (AvgIpc) is 2.76. The van der Waals surface area contributed by atoms with Crippen LogP contribution in [-0.4, -0.2) is 41.1 Å². The molecule has 1 aliphatic heterocycles. The van der Waals surface area contributed by atoms with Gasteiger partial charge in [0, 0.05) is 18.5 Å². The first-order valence-corrected chi connectivity index (χ1v) is 6.47. The zero-order valence-electron chi connectivity index (χ0n) is 10.1. The molecule has 1 saturated heterocycles. The Morgan fingerprint density at radius 1 is 1.71 bits per heavy atom. The van der Waals surface area contributed by atoms with E-state index >= 15 is 0 Å². The highest BCUT2D eigenvalue weighted by atomic mass is 32.1. The molecule has 5 nitrogen and oxygen atoms in total. The predicted molar refractivity (Wildman–Crippen MR) is 65.9 cm³/mol. The minimum atomic E-state index is -0.276. The van der Waals surface area contributed by atoms with Gasteiger partial charge in [0.2, 0.25) is 0 Å². The van der Waals surface area contributed by atoms with Crippen LogP contribution < -0.4 is 5.73 Å². The van der Waals surface area contributed by atoms with Crippen molar-refractivity contribution in [1.82, 2.24) is 9.88 Å². The van der Waals surface area contributed by atoms with Gasteiger partial charge >= 0.3 is 0 Å². The third-order valence-corrected chi connectivity index (χ3v) is 3.71. The fourth-order valence-electron chi connectivity index (χ4n) is 1.88. The van der Waals surface area contributed by atoms with E-state index in [-0.39, 0.29) is 11.4 Å². The van der Waals surface area contributed by atoms with Gasteiger partial charge < -0.3 is 15.4 Å². The van der Waals surface area contributed by atoms with Crippen molar-refractivity contribution in [3.05, 3.63) is 16.1 Å². The summed E-state index contributed by atoms with van der Waals surface area (Å²) in [6.45, 7) is 6.14. The van der Waals surface area contributed by atoms with Crippen LogP contribution in [-0.2, 0) is 11.3 Å². The van der Waals surface area contributed by atoms with Crippen molar-refractivity contribution >= 4 is 17.2 Å². The summed E-state index contributed by atoms with van der Waals surface area (Å²) >= 11 is 1.43. The molecule has 0 spiro atoms. The third kappa shape index (κ3) is 2.48. The Hall–Kier alpha value is -0.980. The van der Waals surface area contributed by atoms with Crippen LogP contribution in [0, 0.1) is 0 Å². The van der Waals surface area contributed by atoms with Crippen LogP contribution >= 0.6 is 11.3 Å². The number of thiazole rings is 1. The van der Waals surface area contributed by atoms with E-state index in [1.54, 1.807) is 5.38 Å². The molecule has 0 bridgehead atoms. The molecule has 0 atom stereocenters.